The lowest BCUT2D eigenvalue weighted by atomic mass is 10.1. The fourth-order valence-corrected chi connectivity index (χ4v) is 2.35. The van der Waals surface area contributed by atoms with Crippen LogP contribution in [0.2, 0.25) is 0 Å². The summed E-state index contributed by atoms with van der Waals surface area (Å²) in [4.78, 5) is 18.7. The van der Waals surface area contributed by atoms with Crippen LogP contribution in [0.4, 0.5) is 5.82 Å². The molecule has 0 unspecified atom stereocenters. The molecule has 18 heavy (non-hydrogen) atoms. The van der Waals surface area contributed by atoms with Gasteiger partial charge < -0.3 is 15.2 Å². The van der Waals surface area contributed by atoms with E-state index in [1.54, 1.807) is 17.0 Å². The van der Waals surface area contributed by atoms with E-state index in [1.165, 1.54) is 0 Å². The summed E-state index contributed by atoms with van der Waals surface area (Å²) >= 11 is 0. The average Bonchev–Trinajstić information content (AvgIpc) is 2.27. The largest absolute Gasteiger partial charge is 0.350 e. The summed E-state index contributed by atoms with van der Waals surface area (Å²) < 4.78 is 1.73. The van der Waals surface area contributed by atoms with Gasteiger partial charge >= 0.3 is 0 Å². The van der Waals surface area contributed by atoms with Gasteiger partial charge in [0.05, 0.1) is 0 Å². The molecule has 2 rings (SSSR count). The van der Waals surface area contributed by atoms with E-state index < -0.39 is 0 Å². The molecular formula is C13H22N4O. The van der Waals surface area contributed by atoms with E-state index in [0.29, 0.717) is 5.82 Å². The SMILES string of the molecule is CC(C)(C)n1ccnc(N2CCC[C@@H](N)C2)c1=O. The number of aromatic nitrogens is 2. The first-order chi connectivity index (χ1) is 8.39. The molecule has 1 atom stereocenters. The smallest absolute Gasteiger partial charge is 0.293 e. The van der Waals surface area contributed by atoms with Crippen LogP contribution < -0.4 is 16.2 Å². The average molecular weight is 250 g/mol. The van der Waals surface area contributed by atoms with Gasteiger partial charge in [0.2, 0.25) is 0 Å². The molecule has 1 aromatic heterocycles. The molecule has 5 heteroatoms. The number of piperidine rings is 1. The second kappa shape index (κ2) is 4.72. The maximum absolute atomic E-state index is 12.4. The van der Waals surface area contributed by atoms with Crippen molar-refractivity contribution in [2.24, 2.45) is 5.73 Å². The number of anilines is 1. The number of hydrogen-bond acceptors (Lipinski definition) is 4. The van der Waals surface area contributed by atoms with Crippen molar-refractivity contribution in [3.05, 3.63) is 22.7 Å². The highest BCUT2D eigenvalue weighted by atomic mass is 16.1. The van der Waals surface area contributed by atoms with E-state index in [4.69, 9.17) is 5.73 Å². The van der Waals surface area contributed by atoms with Crippen molar-refractivity contribution in [2.75, 3.05) is 18.0 Å². The summed E-state index contributed by atoms with van der Waals surface area (Å²) in [7, 11) is 0. The summed E-state index contributed by atoms with van der Waals surface area (Å²) in [5.74, 6) is 0.530. The second-order valence-corrected chi connectivity index (χ2v) is 5.95. The minimum atomic E-state index is -0.229. The first-order valence-electron chi connectivity index (χ1n) is 6.48. The van der Waals surface area contributed by atoms with Gasteiger partial charge in [-0.3, -0.25) is 4.79 Å². The van der Waals surface area contributed by atoms with Gasteiger partial charge in [-0.2, -0.15) is 0 Å². The zero-order valence-corrected chi connectivity index (χ0v) is 11.4. The van der Waals surface area contributed by atoms with E-state index >= 15 is 0 Å². The number of nitrogens with zero attached hydrogens (tertiary/aromatic N) is 3. The zero-order valence-electron chi connectivity index (χ0n) is 11.4. The van der Waals surface area contributed by atoms with Gasteiger partial charge in [-0.05, 0) is 33.6 Å². The highest BCUT2D eigenvalue weighted by Crippen LogP contribution is 2.16. The highest BCUT2D eigenvalue weighted by molar-refractivity contribution is 5.36. The van der Waals surface area contributed by atoms with Crippen LogP contribution in [0.3, 0.4) is 0 Å². The van der Waals surface area contributed by atoms with Crippen molar-refractivity contribution in [1.82, 2.24) is 9.55 Å². The molecule has 0 spiro atoms. The van der Waals surface area contributed by atoms with Gasteiger partial charge in [-0.25, -0.2) is 4.98 Å². The molecule has 1 saturated heterocycles. The first kappa shape index (κ1) is 13.1. The Hall–Kier alpha value is -1.36. The zero-order chi connectivity index (χ0) is 13.3. The molecule has 0 amide bonds. The Bertz CT molecular complexity index is 475. The second-order valence-electron chi connectivity index (χ2n) is 5.95. The Balaban J connectivity index is 2.37. The molecule has 1 aliphatic rings. The third-order valence-corrected chi connectivity index (χ3v) is 3.30. The van der Waals surface area contributed by atoms with Gasteiger partial charge in [-0.15, -0.1) is 0 Å². The van der Waals surface area contributed by atoms with Crippen LogP contribution in [0.15, 0.2) is 17.2 Å². The molecule has 100 valence electrons. The van der Waals surface area contributed by atoms with E-state index in [-0.39, 0.29) is 17.1 Å². The van der Waals surface area contributed by atoms with Crippen LogP contribution >= 0.6 is 0 Å². The first-order valence-corrected chi connectivity index (χ1v) is 6.48. The van der Waals surface area contributed by atoms with Crippen LogP contribution in [0.25, 0.3) is 0 Å². The highest BCUT2D eigenvalue weighted by Gasteiger charge is 2.23. The lowest BCUT2D eigenvalue weighted by molar-refractivity contribution is 0.381. The molecule has 2 N–H and O–H groups in total. The number of rotatable bonds is 1. The van der Waals surface area contributed by atoms with E-state index in [1.807, 2.05) is 25.7 Å². The van der Waals surface area contributed by atoms with Gasteiger partial charge in [0.25, 0.3) is 5.56 Å². The minimum absolute atomic E-state index is 0.0286. The molecule has 1 aliphatic heterocycles. The summed E-state index contributed by atoms with van der Waals surface area (Å²) in [6.07, 6.45) is 5.49. The predicted octanol–water partition coefficient (Wildman–Crippen LogP) is 0.926. The molecule has 5 nitrogen and oxygen atoms in total. The fraction of sp³-hybridized carbons (Fsp3) is 0.692. The van der Waals surface area contributed by atoms with Crippen molar-refractivity contribution in [3.8, 4) is 0 Å². The van der Waals surface area contributed by atoms with Crippen LogP contribution in [0.5, 0.6) is 0 Å². The topological polar surface area (TPSA) is 64.2 Å². The Morgan fingerprint density at radius 3 is 2.78 bits per heavy atom. The maximum atomic E-state index is 12.4. The summed E-state index contributed by atoms with van der Waals surface area (Å²) in [5.41, 5.74) is 5.70. The van der Waals surface area contributed by atoms with Gasteiger partial charge in [0.15, 0.2) is 5.82 Å². The van der Waals surface area contributed by atoms with Crippen molar-refractivity contribution in [3.63, 3.8) is 0 Å². The van der Waals surface area contributed by atoms with Crippen molar-refractivity contribution in [2.45, 2.75) is 45.2 Å². The third kappa shape index (κ3) is 2.56. The Kier molecular flexibility index (Phi) is 3.43. The third-order valence-electron chi connectivity index (χ3n) is 3.30. The Morgan fingerprint density at radius 1 is 1.44 bits per heavy atom. The molecule has 0 saturated carbocycles. The summed E-state index contributed by atoms with van der Waals surface area (Å²) in [6.45, 7) is 7.63. The standard InChI is InChI=1S/C13H22N4O/c1-13(2,3)17-8-6-15-11(12(17)18)16-7-4-5-10(14)9-16/h6,8,10H,4-5,7,9,14H2,1-3H3/t10-/m1/s1. The van der Waals surface area contributed by atoms with E-state index in [2.05, 4.69) is 4.98 Å². The normalized spacial score (nSPS) is 21.1. The predicted molar refractivity (Wildman–Crippen MR) is 72.9 cm³/mol. The monoisotopic (exact) mass is 250 g/mol. The van der Waals surface area contributed by atoms with Crippen LogP contribution in [0.1, 0.15) is 33.6 Å². The molecule has 2 heterocycles. The van der Waals surface area contributed by atoms with Gasteiger partial charge in [0, 0.05) is 37.1 Å². The van der Waals surface area contributed by atoms with Gasteiger partial charge in [-0.1, -0.05) is 0 Å². The molecular weight excluding hydrogens is 228 g/mol. The Labute approximate surface area is 108 Å². The quantitative estimate of drug-likeness (QED) is 0.805. The molecule has 1 aromatic rings. The van der Waals surface area contributed by atoms with Crippen molar-refractivity contribution < 1.29 is 0 Å². The number of hydrogen-bond donors (Lipinski definition) is 1. The lowest BCUT2D eigenvalue weighted by Gasteiger charge is -2.32. The van der Waals surface area contributed by atoms with E-state index in [0.717, 1.165) is 25.9 Å². The molecule has 0 radical (unpaired) electrons. The van der Waals surface area contributed by atoms with Crippen molar-refractivity contribution >= 4 is 5.82 Å². The molecule has 0 bridgehead atoms. The maximum Gasteiger partial charge on any atom is 0.293 e. The van der Waals surface area contributed by atoms with Crippen molar-refractivity contribution in [1.29, 1.82) is 0 Å². The molecule has 1 fully saturated rings. The Morgan fingerprint density at radius 2 is 2.17 bits per heavy atom. The number of nitrogens with two attached hydrogens (primary N) is 1. The van der Waals surface area contributed by atoms with Crippen LogP contribution in [-0.2, 0) is 5.54 Å². The molecule has 0 aliphatic carbocycles. The lowest BCUT2D eigenvalue weighted by Crippen LogP contribution is -2.46. The summed E-state index contributed by atoms with van der Waals surface area (Å²) in [5, 5.41) is 0. The summed E-state index contributed by atoms with van der Waals surface area (Å²) in [6, 6.07) is 0.142. The van der Waals surface area contributed by atoms with Gasteiger partial charge in [0.1, 0.15) is 0 Å². The van der Waals surface area contributed by atoms with Crippen LogP contribution in [-0.4, -0.2) is 28.7 Å². The van der Waals surface area contributed by atoms with Crippen LogP contribution in [0, 0.1) is 0 Å². The van der Waals surface area contributed by atoms with E-state index in [9.17, 15) is 4.79 Å². The fourth-order valence-electron chi connectivity index (χ4n) is 2.35. The molecule has 0 aromatic carbocycles. The minimum Gasteiger partial charge on any atom is -0.350 e.